The van der Waals surface area contributed by atoms with E-state index in [1.165, 1.54) is 5.56 Å². The molecule has 5 aromatic rings. The fourth-order valence-corrected chi connectivity index (χ4v) is 5.41. The fourth-order valence-electron chi connectivity index (χ4n) is 5.41. The standard InChI is InChI=1S/C33H34N6O2/c1-24-31(27-12-6-3-7-13-27)32-35-29(28-14-8-11-25(21-28)15-16-34)22-30(39(32)36-24)37-17-19-38(20-18-37)33(40)41-23-26-9-4-2-5-10-26/h2-14,21-22H,15-20,23,34H2,1H3. The van der Waals surface area contributed by atoms with Gasteiger partial charge >= 0.3 is 6.09 Å². The summed E-state index contributed by atoms with van der Waals surface area (Å²) in [5.74, 6) is 0.955. The van der Waals surface area contributed by atoms with Gasteiger partial charge in [0.15, 0.2) is 5.65 Å². The number of ether oxygens (including phenoxy) is 1. The van der Waals surface area contributed by atoms with Crippen LogP contribution in [0, 0.1) is 6.92 Å². The summed E-state index contributed by atoms with van der Waals surface area (Å²) in [5.41, 5.74) is 13.8. The minimum atomic E-state index is -0.285. The van der Waals surface area contributed by atoms with Crippen molar-refractivity contribution in [3.8, 4) is 22.4 Å². The van der Waals surface area contributed by atoms with E-state index in [-0.39, 0.29) is 12.7 Å². The third-order valence-electron chi connectivity index (χ3n) is 7.53. The van der Waals surface area contributed by atoms with Gasteiger partial charge in [0.2, 0.25) is 0 Å². The summed E-state index contributed by atoms with van der Waals surface area (Å²) in [7, 11) is 0. The van der Waals surface area contributed by atoms with Gasteiger partial charge in [-0.2, -0.15) is 9.61 Å². The first-order chi connectivity index (χ1) is 20.1. The number of hydrogen-bond acceptors (Lipinski definition) is 6. The van der Waals surface area contributed by atoms with E-state index in [2.05, 4.69) is 47.4 Å². The number of carbonyl (C=O) groups is 1. The van der Waals surface area contributed by atoms with E-state index in [1.54, 1.807) is 4.90 Å². The Kier molecular flexibility index (Phi) is 7.65. The van der Waals surface area contributed by atoms with Crippen molar-refractivity contribution >= 4 is 17.6 Å². The molecule has 3 heterocycles. The third kappa shape index (κ3) is 5.64. The largest absolute Gasteiger partial charge is 0.445 e. The minimum absolute atomic E-state index is 0.270. The molecule has 0 saturated carbocycles. The van der Waals surface area contributed by atoms with Crippen molar-refractivity contribution in [2.75, 3.05) is 37.6 Å². The summed E-state index contributed by atoms with van der Waals surface area (Å²) in [6.07, 6.45) is 0.527. The maximum Gasteiger partial charge on any atom is 0.410 e. The molecule has 41 heavy (non-hydrogen) atoms. The van der Waals surface area contributed by atoms with E-state index in [0.717, 1.165) is 51.5 Å². The summed E-state index contributed by atoms with van der Waals surface area (Å²) in [4.78, 5) is 22.0. The van der Waals surface area contributed by atoms with Crippen LogP contribution in [0.4, 0.5) is 10.6 Å². The van der Waals surface area contributed by atoms with Crippen LogP contribution in [0.2, 0.25) is 0 Å². The normalized spacial score (nSPS) is 13.5. The third-order valence-corrected chi connectivity index (χ3v) is 7.53. The molecular weight excluding hydrogens is 512 g/mol. The summed E-state index contributed by atoms with van der Waals surface area (Å²) < 4.78 is 7.54. The number of aryl methyl sites for hydroxylation is 1. The smallest absolute Gasteiger partial charge is 0.410 e. The predicted molar refractivity (Wildman–Crippen MR) is 162 cm³/mol. The number of nitrogens with zero attached hydrogens (tertiary/aromatic N) is 5. The molecule has 0 atom stereocenters. The van der Waals surface area contributed by atoms with Crippen LogP contribution in [0.15, 0.2) is 91.0 Å². The first kappa shape index (κ1) is 26.5. The van der Waals surface area contributed by atoms with E-state index in [1.807, 2.05) is 60.0 Å². The van der Waals surface area contributed by atoms with Crippen molar-refractivity contribution in [2.24, 2.45) is 5.73 Å². The van der Waals surface area contributed by atoms with Crippen LogP contribution in [0.5, 0.6) is 0 Å². The Labute approximate surface area is 240 Å². The number of aromatic nitrogens is 3. The van der Waals surface area contributed by atoms with E-state index >= 15 is 0 Å². The van der Waals surface area contributed by atoms with Crippen molar-refractivity contribution in [1.82, 2.24) is 19.5 Å². The van der Waals surface area contributed by atoms with Crippen LogP contribution >= 0.6 is 0 Å². The molecule has 0 spiro atoms. The molecular formula is C33H34N6O2. The number of nitrogens with two attached hydrogens (primary N) is 1. The number of amides is 1. The molecule has 2 aromatic heterocycles. The van der Waals surface area contributed by atoms with Gasteiger partial charge in [0, 0.05) is 43.4 Å². The topological polar surface area (TPSA) is 89.0 Å². The van der Waals surface area contributed by atoms with Crippen molar-refractivity contribution in [3.63, 3.8) is 0 Å². The molecule has 1 saturated heterocycles. The van der Waals surface area contributed by atoms with Crippen LogP contribution in [0.25, 0.3) is 28.0 Å². The Balaban J connectivity index is 1.32. The molecule has 8 nitrogen and oxygen atoms in total. The number of hydrogen-bond donors (Lipinski definition) is 1. The maximum atomic E-state index is 12.8. The van der Waals surface area contributed by atoms with E-state index in [0.29, 0.717) is 32.7 Å². The molecule has 3 aromatic carbocycles. The molecule has 0 radical (unpaired) electrons. The number of fused-ring (bicyclic) bond motifs is 1. The van der Waals surface area contributed by atoms with Crippen molar-refractivity contribution in [1.29, 1.82) is 0 Å². The Morgan fingerprint density at radius 2 is 1.54 bits per heavy atom. The number of carbonyl (C=O) groups excluding carboxylic acids is 1. The lowest BCUT2D eigenvalue weighted by atomic mass is 10.0. The lowest BCUT2D eigenvalue weighted by Gasteiger charge is -2.35. The van der Waals surface area contributed by atoms with Crippen LogP contribution in [0.3, 0.4) is 0 Å². The van der Waals surface area contributed by atoms with Crippen molar-refractivity contribution in [3.05, 3.63) is 108 Å². The monoisotopic (exact) mass is 546 g/mol. The van der Waals surface area contributed by atoms with Gasteiger partial charge in [-0.1, -0.05) is 78.9 Å². The SMILES string of the molecule is Cc1nn2c(N3CCN(C(=O)OCc4ccccc4)CC3)cc(-c3cccc(CCN)c3)nc2c1-c1ccccc1. The lowest BCUT2D eigenvalue weighted by molar-refractivity contribution is 0.0941. The Morgan fingerprint density at radius 3 is 2.27 bits per heavy atom. The Bertz CT molecular complexity index is 1640. The molecule has 2 N–H and O–H groups in total. The molecule has 0 aliphatic carbocycles. The van der Waals surface area contributed by atoms with Crippen LogP contribution < -0.4 is 10.6 Å². The number of anilines is 1. The number of piperazine rings is 1. The zero-order valence-corrected chi connectivity index (χ0v) is 23.2. The first-order valence-electron chi connectivity index (χ1n) is 14.1. The molecule has 1 aliphatic heterocycles. The summed E-state index contributed by atoms with van der Waals surface area (Å²) >= 11 is 0. The molecule has 208 valence electrons. The molecule has 1 aliphatic rings. The lowest BCUT2D eigenvalue weighted by Crippen LogP contribution is -2.49. The minimum Gasteiger partial charge on any atom is -0.445 e. The molecule has 8 heteroatoms. The van der Waals surface area contributed by atoms with Gasteiger partial charge in [-0.25, -0.2) is 9.78 Å². The second-order valence-corrected chi connectivity index (χ2v) is 10.3. The van der Waals surface area contributed by atoms with Gasteiger partial charge in [-0.15, -0.1) is 0 Å². The summed E-state index contributed by atoms with van der Waals surface area (Å²) in [6, 6.07) is 30.6. The quantitative estimate of drug-likeness (QED) is 0.297. The van der Waals surface area contributed by atoms with Crippen LogP contribution in [0.1, 0.15) is 16.8 Å². The maximum absolute atomic E-state index is 12.8. The van der Waals surface area contributed by atoms with E-state index in [4.69, 9.17) is 20.6 Å². The first-order valence-corrected chi connectivity index (χ1v) is 14.1. The highest BCUT2D eigenvalue weighted by Crippen LogP contribution is 2.33. The molecule has 0 bridgehead atoms. The summed E-state index contributed by atoms with van der Waals surface area (Å²) in [5, 5.41) is 4.95. The van der Waals surface area contributed by atoms with Gasteiger partial charge < -0.3 is 20.3 Å². The average molecular weight is 547 g/mol. The number of rotatable bonds is 7. The molecule has 0 unspecified atom stereocenters. The zero-order chi connectivity index (χ0) is 28.2. The van der Waals surface area contributed by atoms with Crippen molar-refractivity contribution in [2.45, 2.75) is 20.0 Å². The zero-order valence-electron chi connectivity index (χ0n) is 23.2. The second-order valence-electron chi connectivity index (χ2n) is 10.3. The van der Waals surface area contributed by atoms with Crippen LogP contribution in [-0.2, 0) is 17.8 Å². The average Bonchev–Trinajstić information content (AvgIpc) is 3.36. The van der Waals surface area contributed by atoms with Crippen LogP contribution in [-0.4, -0.2) is 58.3 Å². The highest BCUT2D eigenvalue weighted by molar-refractivity contribution is 5.83. The Hall–Kier alpha value is -4.69. The predicted octanol–water partition coefficient (Wildman–Crippen LogP) is 5.33. The fraction of sp³-hybridized carbons (Fsp3) is 0.242. The van der Waals surface area contributed by atoms with Crippen molar-refractivity contribution < 1.29 is 9.53 Å². The van der Waals surface area contributed by atoms with Gasteiger partial charge in [-0.3, -0.25) is 0 Å². The van der Waals surface area contributed by atoms with Gasteiger partial charge in [-0.05, 0) is 42.6 Å². The molecule has 1 amide bonds. The number of benzene rings is 3. The molecule has 1 fully saturated rings. The summed E-state index contributed by atoms with van der Waals surface area (Å²) in [6.45, 7) is 5.33. The Morgan fingerprint density at radius 1 is 0.854 bits per heavy atom. The van der Waals surface area contributed by atoms with E-state index in [9.17, 15) is 4.79 Å². The highest BCUT2D eigenvalue weighted by Gasteiger charge is 2.26. The highest BCUT2D eigenvalue weighted by atomic mass is 16.6. The second kappa shape index (κ2) is 11.8. The van der Waals surface area contributed by atoms with Gasteiger partial charge in [0.25, 0.3) is 0 Å². The molecule has 6 rings (SSSR count). The van der Waals surface area contributed by atoms with Gasteiger partial charge in [0.1, 0.15) is 12.4 Å². The van der Waals surface area contributed by atoms with E-state index < -0.39 is 0 Å². The van der Waals surface area contributed by atoms with Gasteiger partial charge in [0.05, 0.1) is 11.4 Å².